The molecule has 0 heteroatoms. The number of unbranched alkanes of at least 4 members (excludes halogenated alkanes) is 8. The van der Waals surface area contributed by atoms with Crippen molar-refractivity contribution in [1.29, 1.82) is 0 Å². The van der Waals surface area contributed by atoms with Crippen LogP contribution in [0.2, 0.25) is 0 Å². The van der Waals surface area contributed by atoms with E-state index in [1.807, 2.05) is 0 Å². The summed E-state index contributed by atoms with van der Waals surface area (Å²) in [6.45, 7) is 6.95. The molecule has 110 valence electrons. The maximum absolute atomic E-state index is 2.34. The monoisotopic (exact) mass is 254 g/mol. The van der Waals surface area contributed by atoms with Crippen LogP contribution in [0.3, 0.4) is 0 Å². The van der Waals surface area contributed by atoms with Gasteiger partial charge in [0.1, 0.15) is 0 Å². The Morgan fingerprint density at radius 1 is 0.444 bits per heavy atom. The molecule has 0 bridgehead atoms. The van der Waals surface area contributed by atoms with Crippen molar-refractivity contribution in [3.05, 3.63) is 0 Å². The first kappa shape index (κ1) is 18.0. The Labute approximate surface area is 117 Å². The SMILES string of the molecule is CCCCCCCCCC(CCC)CCCCC. The lowest BCUT2D eigenvalue weighted by atomic mass is 9.91. The topological polar surface area (TPSA) is 0 Å². The van der Waals surface area contributed by atoms with Gasteiger partial charge in [-0.05, 0) is 5.92 Å². The highest BCUT2D eigenvalue weighted by molar-refractivity contribution is 4.60. The van der Waals surface area contributed by atoms with Crippen LogP contribution in [0.25, 0.3) is 0 Å². The summed E-state index contributed by atoms with van der Waals surface area (Å²) in [6, 6.07) is 0. The average Bonchev–Trinajstić information content (AvgIpc) is 2.38. The molecule has 0 aromatic heterocycles. The summed E-state index contributed by atoms with van der Waals surface area (Å²) in [6.07, 6.45) is 20.3. The van der Waals surface area contributed by atoms with E-state index >= 15 is 0 Å². The second kappa shape index (κ2) is 15.1. The van der Waals surface area contributed by atoms with Crippen LogP contribution in [0.1, 0.15) is 111 Å². The van der Waals surface area contributed by atoms with Crippen LogP contribution in [0.15, 0.2) is 0 Å². The summed E-state index contributed by atoms with van der Waals surface area (Å²) in [7, 11) is 0. The predicted molar refractivity (Wildman–Crippen MR) is 85.2 cm³/mol. The summed E-state index contributed by atoms with van der Waals surface area (Å²) in [4.78, 5) is 0. The van der Waals surface area contributed by atoms with E-state index in [4.69, 9.17) is 0 Å². The van der Waals surface area contributed by atoms with Crippen molar-refractivity contribution >= 4 is 0 Å². The maximum atomic E-state index is 2.34. The van der Waals surface area contributed by atoms with E-state index in [2.05, 4.69) is 20.8 Å². The van der Waals surface area contributed by atoms with E-state index in [9.17, 15) is 0 Å². The highest BCUT2D eigenvalue weighted by Crippen LogP contribution is 2.22. The maximum Gasteiger partial charge on any atom is -0.0414 e. The fourth-order valence-electron chi connectivity index (χ4n) is 2.91. The van der Waals surface area contributed by atoms with Gasteiger partial charge in [0.15, 0.2) is 0 Å². The molecule has 0 heterocycles. The third-order valence-electron chi connectivity index (χ3n) is 4.13. The third kappa shape index (κ3) is 12.5. The van der Waals surface area contributed by atoms with Gasteiger partial charge in [-0.15, -0.1) is 0 Å². The molecule has 0 aliphatic carbocycles. The van der Waals surface area contributed by atoms with Crippen LogP contribution in [0.5, 0.6) is 0 Å². The number of rotatable bonds is 14. The van der Waals surface area contributed by atoms with Gasteiger partial charge in [-0.1, -0.05) is 111 Å². The van der Waals surface area contributed by atoms with Gasteiger partial charge < -0.3 is 0 Å². The zero-order valence-corrected chi connectivity index (χ0v) is 13.5. The summed E-state index contributed by atoms with van der Waals surface area (Å²) in [5.74, 6) is 1.04. The van der Waals surface area contributed by atoms with Crippen LogP contribution < -0.4 is 0 Å². The largest absolute Gasteiger partial charge is 0.0654 e. The Bertz CT molecular complexity index is 139. The second-order valence-electron chi connectivity index (χ2n) is 6.06. The lowest BCUT2D eigenvalue weighted by Crippen LogP contribution is -2.00. The summed E-state index contributed by atoms with van der Waals surface area (Å²) in [5.41, 5.74) is 0. The van der Waals surface area contributed by atoms with Crippen molar-refractivity contribution in [2.24, 2.45) is 5.92 Å². The van der Waals surface area contributed by atoms with Crippen LogP contribution in [-0.2, 0) is 0 Å². The first-order valence-electron chi connectivity index (χ1n) is 8.85. The van der Waals surface area contributed by atoms with E-state index in [1.54, 1.807) is 0 Å². The molecule has 0 saturated carbocycles. The molecule has 0 nitrogen and oxygen atoms in total. The third-order valence-corrected chi connectivity index (χ3v) is 4.13. The van der Waals surface area contributed by atoms with Crippen molar-refractivity contribution in [1.82, 2.24) is 0 Å². The van der Waals surface area contributed by atoms with Crippen molar-refractivity contribution in [3.63, 3.8) is 0 Å². The second-order valence-corrected chi connectivity index (χ2v) is 6.06. The molecule has 0 aromatic rings. The van der Waals surface area contributed by atoms with Crippen molar-refractivity contribution in [3.8, 4) is 0 Å². The van der Waals surface area contributed by atoms with Gasteiger partial charge in [-0.2, -0.15) is 0 Å². The van der Waals surface area contributed by atoms with Crippen LogP contribution in [0.4, 0.5) is 0 Å². The van der Waals surface area contributed by atoms with Gasteiger partial charge in [0, 0.05) is 0 Å². The molecule has 0 rings (SSSR count). The molecule has 0 saturated heterocycles. The van der Waals surface area contributed by atoms with Gasteiger partial charge in [0.2, 0.25) is 0 Å². The number of hydrogen-bond acceptors (Lipinski definition) is 0. The van der Waals surface area contributed by atoms with E-state index < -0.39 is 0 Å². The Kier molecular flexibility index (Phi) is 15.1. The Hall–Kier alpha value is 0. The molecule has 0 spiro atoms. The van der Waals surface area contributed by atoms with Gasteiger partial charge in [-0.3, -0.25) is 0 Å². The van der Waals surface area contributed by atoms with E-state index in [1.165, 1.54) is 89.9 Å². The van der Waals surface area contributed by atoms with Crippen LogP contribution >= 0.6 is 0 Å². The molecule has 0 amide bonds. The fraction of sp³-hybridized carbons (Fsp3) is 1.00. The fourth-order valence-corrected chi connectivity index (χ4v) is 2.91. The van der Waals surface area contributed by atoms with Crippen molar-refractivity contribution < 1.29 is 0 Å². The normalized spacial score (nSPS) is 12.8. The van der Waals surface area contributed by atoms with E-state index in [-0.39, 0.29) is 0 Å². The lowest BCUT2D eigenvalue weighted by molar-refractivity contribution is 0.380. The molecule has 0 fully saturated rings. The molecule has 0 aromatic carbocycles. The lowest BCUT2D eigenvalue weighted by Gasteiger charge is -2.15. The summed E-state index contributed by atoms with van der Waals surface area (Å²) >= 11 is 0. The minimum atomic E-state index is 1.04. The summed E-state index contributed by atoms with van der Waals surface area (Å²) in [5, 5.41) is 0. The first-order chi connectivity index (χ1) is 8.85. The van der Waals surface area contributed by atoms with Gasteiger partial charge in [-0.25, -0.2) is 0 Å². The van der Waals surface area contributed by atoms with Crippen molar-refractivity contribution in [2.75, 3.05) is 0 Å². The Balaban J connectivity index is 3.39. The molecular weight excluding hydrogens is 216 g/mol. The Morgan fingerprint density at radius 3 is 1.44 bits per heavy atom. The van der Waals surface area contributed by atoms with E-state index in [0.29, 0.717) is 0 Å². The Morgan fingerprint density at radius 2 is 0.889 bits per heavy atom. The van der Waals surface area contributed by atoms with Crippen LogP contribution in [0, 0.1) is 5.92 Å². The van der Waals surface area contributed by atoms with Gasteiger partial charge >= 0.3 is 0 Å². The van der Waals surface area contributed by atoms with Gasteiger partial charge in [0.25, 0.3) is 0 Å². The smallest absolute Gasteiger partial charge is 0.0414 e. The molecule has 0 radical (unpaired) electrons. The minimum Gasteiger partial charge on any atom is -0.0654 e. The molecule has 0 aliphatic heterocycles. The zero-order chi connectivity index (χ0) is 13.5. The molecule has 1 atom stereocenters. The van der Waals surface area contributed by atoms with E-state index in [0.717, 1.165) is 5.92 Å². The minimum absolute atomic E-state index is 1.04. The van der Waals surface area contributed by atoms with Crippen LogP contribution in [-0.4, -0.2) is 0 Å². The molecule has 0 N–H and O–H groups in total. The highest BCUT2D eigenvalue weighted by atomic mass is 14.1. The standard InChI is InChI=1S/C18H38/c1-4-7-9-10-11-12-14-17-18(15-6-3)16-13-8-5-2/h18H,4-17H2,1-3H3. The first-order valence-corrected chi connectivity index (χ1v) is 8.85. The number of hydrogen-bond donors (Lipinski definition) is 0. The highest BCUT2D eigenvalue weighted by Gasteiger charge is 2.06. The zero-order valence-electron chi connectivity index (χ0n) is 13.5. The molecule has 0 aliphatic rings. The van der Waals surface area contributed by atoms with Crippen molar-refractivity contribution in [2.45, 2.75) is 111 Å². The quantitative estimate of drug-likeness (QED) is 0.289. The summed E-state index contributed by atoms with van der Waals surface area (Å²) < 4.78 is 0. The molecule has 18 heavy (non-hydrogen) atoms. The molecule has 1 unspecified atom stereocenters. The predicted octanol–water partition coefficient (Wildman–Crippen LogP) is 7.12. The van der Waals surface area contributed by atoms with Gasteiger partial charge in [0.05, 0.1) is 0 Å². The average molecular weight is 255 g/mol. The molecular formula is C18H38.